The van der Waals surface area contributed by atoms with Crippen molar-refractivity contribution in [1.29, 1.82) is 0 Å². The number of aromatic nitrogens is 2. The van der Waals surface area contributed by atoms with Crippen LogP contribution in [-0.4, -0.2) is 75.4 Å². The van der Waals surface area contributed by atoms with E-state index in [1.165, 1.54) is 0 Å². The quantitative estimate of drug-likeness (QED) is 0.175. The number of aryl methyl sites for hydroxylation is 2. The van der Waals surface area contributed by atoms with E-state index >= 15 is 0 Å². The summed E-state index contributed by atoms with van der Waals surface area (Å²) in [5.74, 6) is -0.991. The second-order valence-corrected chi connectivity index (χ2v) is 11.1. The van der Waals surface area contributed by atoms with Gasteiger partial charge < -0.3 is 23.9 Å². The Bertz CT molecular complexity index is 1670. The van der Waals surface area contributed by atoms with Gasteiger partial charge in [0.2, 0.25) is 0 Å². The zero-order valence-electron chi connectivity index (χ0n) is 24.5. The second-order valence-electron chi connectivity index (χ2n) is 11.1. The number of amides is 1. The molecule has 4 aromatic rings. The summed E-state index contributed by atoms with van der Waals surface area (Å²) in [6.07, 6.45) is 2.55. The largest absolute Gasteiger partial charge is 0.505 e. The average molecular weight is 581 g/mol. The number of pyridine rings is 1. The van der Waals surface area contributed by atoms with Gasteiger partial charge in [0.25, 0.3) is 11.7 Å². The molecule has 0 saturated carbocycles. The Kier molecular flexibility index (Phi) is 8.26. The zero-order chi connectivity index (χ0) is 29.9. The van der Waals surface area contributed by atoms with Gasteiger partial charge in [-0.15, -0.1) is 0 Å². The molecule has 43 heavy (non-hydrogen) atoms. The first-order valence-corrected chi connectivity index (χ1v) is 14.7. The monoisotopic (exact) mass is 580 g/mol. The predicted octanol–water partition coefficient (Wildman–Crippen LogP) is 4.67. The maximum atomic E-state index is 13.7. The van der Waals surface area contributed by atoms with Gasteiger partial charge in [-0.25, -0.2) is 4.98 Å². The van der Waals surface area contributed by atoms with Crippen LogP contribution in [0.25, 0.3) is 11.4 Å². The maximum absolute atomic E-state index is 13.7. The number of imidazole rings is 1. The fraction of sp³-hybridized carbons (Fsp3) is 0.324. The summed E-state index contributed by atoms with van der Waals surface area (Å²) in [5.41, 5.74) is 4.37. The van der Waals surface area contributed by atoms with E-state index in [-0.39, 0.29) is 11.3 Å². The molecular formula is C34H36N4O5. The van der Waals surface area contributed by atoms with Gasteiger partial charge in [-0.3, -0.25) is 14.5 Å². The highest BCUT2D eigenvalue weighted by molar-refractivity contribution is 6.46. The number of likely N-dealkylation sites (tertiary alicyclic amines) is 1. The molecule has 2 saturated heterocycles. The molecule has 4 heterocycles. The Morgan fingerprint density at radius 2 is 1.79 bits per heavy atom. The molecule has 0 aliphatic carbocycles. The van der Waals surface area contributed by atoms with Gasteiger partial charge in [-0.1, -0.05) is 48.5 Å². The number of ketones is 1. The van der Waals surface area contributed by atoms with Crippen molar-refractivity contribution in [3.05, 3.63) is 107 Å². The predicted molar refractivity (Wildman–Crippen MR) is 163 cm³/mol. The SMILES string of the molecule is Cc1cccn2c(C)c(/C(O)=C3\C(=O)C(=O)N(CCCN4CCOCC4)C3c3cccc(OCc4ccccc4)c3)nc12. The van der Waals surface area contributed by atoms with E-state index in [4.69, 9.17) is 14.5 Å². The normalized spacial score (nSPS) is 18.9. The first-order valence-electron chi connectivity index (χ1n) is 14.7. The molecule has 9 nitrogen and oxygen atoms in total. The van der Waals surface area contributed by atoms with Gasteiger partial charge in [0.05, 0.1) is 30.5 Å². The number of carbonyl (C=O) groups is 2. The summed E-state index contributed by atoms with van der Waals surface area (Å²) in [5, 5.41) is 11.7. The Hall–Kier alpha value is -4.47. The smallest absolute Gasteiger partial charge is 0.295 e. The summed E-state index contributed by atoms with van der Waals surface area (Å²) in [4.78, 5) is 35.8. The molecule has 2 aliphatic heterocycles. The fourth-order valence-corrected chi connectivity index (χ4v) is 5.94. The third kappa shape index (κ3) is 5.78. The lowest BCUT2D eigenvalue weighted by Crippen LogP contribution is -2.38. The number of hydrogen-bond donors (Lipinski definition) is 1. The third-order valence-corrected chi connectivity index (χ3v) is 8.25. The maximum Gasteiger partial charge on any atom is 0.295 e. The minimum absolute atomic E-state index is 0.0424. The Morgan fingerprint density at radius 1 is 1.00 bits per heavy atom. The highest BCUT2D eigenvalue weighted by Gasteiger charge is 2.46. The van der Waals surface area contributed by atoms with Crippen molar-refractivity contribution in [2.75, 3.05) is 39.4 Å². The number of Topliss-reactive ketones (excluding diaryl/α,β-unsaturated/α-hetero) is 1. The lowest BCUT2D eigenvalue weighted by atomic mass is 9.96. The van der Waals surface area contributed by atoms with E-state index in [0.29, 0.717) is 61.1 Å². The number of aliphatic hydroxyl groups excluding tert-OH is 1. The Balaban J connectivity index is 1.37. The van der Waals surface area contributed by atoms with Crippen LogP contribution in [0.5, 0.6) is 5.75 Å². The Morgan fingerprint density at radius 3 is 2.56 bits per heavy atom. The van der Waals surface area contributed by atoms with Crippen LogP contribution < -0.4 is 4.74 Å². The van der Waals surface area contributed by atoms with Crippen LogP contribution >= 0.6 is 0 Å². The van der Waals surface area contributed by atoms with Crippen LogP contribution in [0.3, 0.4) is 0 Å². The molecule has 1 amide bonds. The standard InChI is InChI=1S/C34H36N4O5/c1-23-9-7-15-37-24(2)29(35-33(23)37)31(39)28-30(26-12-6-13-27(21-26)43-22-25-10-4-3-5-11-25)38(34(41)32(28)40)16-8-14-36-17-19-42-20-18-36/h3-7,9-13,15,21,30,39H,8,14,16-20,22H2,1-2H3/b31-28+. The van der Waals surface area contributed by atoms with Crippen LogP contribution in [0.15, 0.2) is 78.5 Å². The van der Waals surface area contributed by atoms with Crippen molar-refractivity contribution in [2.45, 2.75) is 32.9 Å². The van der Waals surface area contributed by atoms with Gasteiger partial charge in [-0.05, 0) is 55.2 Å². The summed E-state index contributed by atoms with van der Waals surface area (Å²) in [6.45, 7) is 8.39. The van der Waals surface area contributed by atoms with E-state index < -0.39 is 17.7 Å². The van der Waals surface area contributed by atoms with Crippen molar-refractivity contribution in [2.24, 2.45) is 0 Å². The van der Waals surface area contributed by atoms with E-state index in [1.807, 2.05) is 91.2 Å². The van der Waals surface area contributed by atoms with Crippen LogP contribution in [0, 0.1) is 13.8 Å². The van der Waals surface area contributed by atoms with Crippen LogP contribution in [-0.2, 0) is 20.9 Å². The summed E-state index contributed by atoms with van der Waals surface area (Å²) >= 11 is 0. The van der Waals surface area contributed by atoms with E-state index in [9.17, 15) is 14.7 Å². The number of rotatable bonds is 9. The number of ether oxygens (including phenoxy) is 2. The molecule has 2 aliphatic rings. The van der Waals surface area contributed by atoms with E-state index in [2.05, 4.69) is 4.90 Å². The van der Waals surface area contributed by atoms with Gasteiger partial charge in [-0.2, -0.15) is 0 Å². The van der Waals surface area contributed by atoms with E-state index in [1.54, 1.807) is 4.90 Å². The van der Waals surface area contributed by atoms with Crippen LogP contribution in [0.4, 0.5) is 0 Å². The minimum atomic E-state index is -0.782. The first kappa shape index (κ1) is 28.6. The number of carbonyl (C=O) groups excluding carboxylic acids is 2. The van der Waals surface area contributed by atoms with Gasteiger partial charge in [0.1, 0.15) is 23.7 Å². The molecule has 1 N–H and O–H groups in total. The molecule has 2 aromatic carbocycles. The van der Waals surface area contributed by atoms with Crippen LogP contribution in [0.1, 0.15) is 40.5 Å². The van der Waals surface area contributed by atoms with Crippen molar-refractivity contribution in [1.82, 2.24) is 19.2 Å². The molecule has 6 rings (SSSR count). The molecule has 2 fully saturated rings. The molecule has 1 unspecified atom stereocenters. The Labute approximate surface area is 251 Å². The van der Waals surface area contributed by atoms with Gasteiger partial charge in [0, 0.05) is 32.4 Å². The van der Waals surface area contributed by atoms with Gasteiger partial charge >= 0.3 is 0 Å². The molecule has 9 heteroatoms. The molecule has 2 aromatic heterocycles. The number of aliphatic hydroxyl groups is 1. The van der Waals surface area contributed by atoms with Gasteiger partial charge in [0.15, 0.2) is 5.76 Å². The number of morpholine rings is 1. The summed E-state index contributed by atoms with van der Waals surface area (Å²) in [7, 11) is 0. The van der Waals surface area contributed by atoms with Crippen molar-refractivity contribution in [3.8, 4) is 5.75 Å². The van der Waals surface area contributed by atoms with E-state index in [0.717, 1.165) is 30.8 Å². The molecule has 222 valence electrons. The van der Waals surface area contributed by atoms with Crippen molar-refractivity contribution >= 4 is 23.1 Å². The molecule has 0 spiro atoms. The third-order valence-electron chi connectivity index (χ3n) is 8.25. The van der Waals surface area contributed by atoms with Crippen molar-refractivity contribution in [3.63, 3.8) is 0 Å². The number of hydrogen-bond acceptors (Lipinski definition) is 7. The minimum Gasteiger partial charge on any atom is -0.505 e. The number of fused-ring (bicyclic) bond motifs is 1. The topological polar surface area (TPSA) is 96.6 Å². The zero-order valence-corrected chi connectivity index (χ0v) is 24.5. The summed E-state index contributed by atoms with van der Waals surface area (Å²) in [6, 6.07) is 20.4. The highest BCUT2D eigenvalue weighted by Crippen LogP contribution is 2.41. The first-order chi connectivity index (χ1) is 20.9. The number of nitrogens with zero attached hydrogens (tertiary/aromatic N) is 4. The highest BCUT2D eigenvalue weighted by atomic mass is 16.5. The summed E-state index contributed by atoms with van der Waals surface area (Å²) < 4.78 is 13.4. The average Bonchev–Trinajstić information content (AvgIpc) is 3.51. The van der Waals surface area contributed by atoms with Crippen molar-refractivity contribution < 1.29 is 24.2 Å². The number of benzene rings is 2. The molecule has 0 radical (unpaired) electrons. The second kappa shape index (κ2) is 12.4. The lowest BCUT2D eigenvalue weighted by molar-refractivity contribution is -0.140. The van der Waals surface area contributed by atoms with Crippen LogP contribution in [0.2, 0.25) is 0 Å². The molecule has 1 atom stereocenters. The lowest BCUT2D eigenvalue weighted by Gasteiger charge is -2.29. The fourth-order valence-electron chi connectivity index (χ4n) is 5.94. The molecular weight excluding hydrogens is 544 g/mol. The molecule has 0 bridgehead atoms.